The number of fused-ring (bicyclic) bond motifs is 3. The van der Waals surface area contributed by atoms with E-state index >= 15 is 0 Å². The maximum absolute atomic E-state index is 9.06. The van der Waals surface area contributed by atoms with Crippen LogP contribution in [0.15, 0.2) is 0 Å². The third-order valence-corrected chi connectivity index (χ3v) is 2.92. The summed E-state index contributed by atoms with van der Waals surface area (Å²) in [6.07, 6.45) is 0.251. The minimum atomic E-state index is 0.251. The van der Waals surface area contributed by atoms with Crippen molar-refractivity contribution in [2.45, 2.75) is 12.3 Å². The van der Waals surface area contributed by atoms with E-state index in [-0.39, 0.29) is 12.8 Å². The molecule has 70 valence electrons. The van der Waals surface area contributed by atoms with Gasteiger partial charge in [0.15, 0.2) is 0 Å². The molecular formula is C8H16N2O2. The molecule has 3 aliphatic rings. The van der Waals surface area contributed by atoms with Crippen molar-refractivity contribution < 1.29 is 9.84 Å². The van der Waals surface area contributed by atoms with Crippen LogP contribution in [0.2, 0.25) is 0 Å². The largest absolute Gasteiger partial charge is 0.395 e. The Kier molecular flexibility index (Phi) is 2.32. The number of ether oxygens (including phenoxy) is 1. The average Bonchev–Trinajstić information content (AvgIpc) is 2.18. The molecular weight excluding hydrogens is 156 g/mol. The second kappa shape index (κ2) is 3.30. The van der Waals surface area contributed by atoms with E-state index in [1.54, 1.807) is 7.11 Å². The van der Waals surface area contributed by atoms with Gasteiger partial charge >= 0.3 is 0 Å². The molecule has 1 N–H and O–H groups in total. The van der Waals surface area contributed by atoms with Crippen LogP contribution in [0.25, 0.3) is 0 Å². The van der Waals surface area contributed by atoms with Crippen LogP contribution in [-0.4, -0.2) is 67.1 Å². The highest BCUT2D eigenvalue weighted by atomic mass is 16.5. The van der Waals surface area contributed by atoms with Crippen LogP contribution in [0, 0.1) is 0 Å². The van der Waals surface area contributed by atoms with Crippen molar-refractivity contribution in [2.75, 3.05) is 39.9 Å². The Hall–Kier alpha value is -0.160. The second-order valence-corrected chi connectivity index (χ2v) is 3.52. The van der Waals surface area contributed by atoms with Gasteiger partial charge in [0.2, 0.25) is 0 Å². The molecule has 0 saturated carbocycles. The molecule has 4 heteroatoms. The fraction of sp³-hybridized carbons (Fsp3) is 1.00. The van der Waals surface area contributed by atoms with Crippen molar-refractivity contribution in [1.29, 1.82) is 0 Å². The molecule has 0 aromatic heterocycles. The molecule has 4 unspecified atom stereocenters. The summed E-state index contributed by atoms with van der Waals surface area (Å²) in [5.74, 6) is 0. The number of piperazine rings is 3. The minimum absolute atomic E-state index is 0.251. The van der Waals surface area contributed by atoms with E-state index in [4.69, 9.17) is 9.84 Å². The summed E-state index contributed by atoms with van der Waals surface area (Å²) in [5.41, 5.74) is 0. The lowest BCUT2D eigenvalue weighted by Crippen LogP contribution is -2.66. The molecule has 4 nitrogen and oxygen atoms in total. The molecule has 4 atom stereocenters. The van der Waals surface area contributed by atoms with Crippen LogP contribution in [0.1, 0.15) is 0 Å². The summed E-state index contributed by atoms with van der Waals surface area (Å²) in [4.78, 5) is 4.62. The zero-order chi connectivity index (χ0) is 8.55. The third-order valence-electron chi connectivity index (χ3n) is 2.92. The van der Waals surface area contributed by atoms with E-state index in [0.717, 1.165) is 26.2 Å². The van der Waals surface area contributed by atoms with Gasteiger partial charge < -0.3 is 9.84 Å². The summed E-state index contributed by atoms with van der Waals surface area (Å²) >= 11 is 0. The van der Waals surface area contributed by atoms with Crippen molar-refractivity contribution in [1.82, 2.24) is 9.80 Å². The van der Waals surface area contributed by atoms with Crippen LogP contribution in [0.3, 0.4) is 0 Å². The number of hydrogen-bond acceptors (Lipinski definition) is 4. The topological polar surface area (TPSA) is 35.9 Å². The molecule has 0 spiro atoms. The van der Waals surface area contributed by atoms with E-state index in [0.29, 0.717) is 6.04 Å². The highest BCUT2D eigenvalue weighted by Crippen LogP contribution is 2.20. The fourth-order valence-corrected chi connectivity index (χ4v) is 2.13. The number of aliphatic hydroxyl groups is 1. The van der Waals surface area contributed by atoms with Gasteiger partial charge in [0, 0.05) is 39.3 Å². The van der Waals surface area contributed by atoms with Crippen molar-refractivity contribution in [3.8, 4) is 0 Å². The molecule has 3 aliphatic heterocycles. The van der Waals surface area contributed by atoms with Gasteiger partial charge in [-0.25, -0.2) is 0 Å². The maximum Gasteiger partial charge on any atom is 0.123 e. The Bertz CT molecular complexity index is 147. The van der Waals surface area contributed by atoms with Crippen LogP contribution in [0.5, 0.6) is 0 Å². The predicted molar refractivity (Wildman–Crippen MR) is 44.8 cm³/mol. The van der Waals surface area contributed by atoms with Gasteiger partial charge in [-0.15, -0.1) is 0 Å². The van der Waals surface area contributed by atoms with E-state index in [9.17, 15) is 0 Å². The Morgan fingerprint density at radius 3 is 2.58 bits per heavy atom. The first-order valence-corrected chi connectivity index (χ1v) is 4.47. The number of aliphatic hydroxyl groups excluding tert-OH is 1. The van der Waals surface area contributed by atoms with E-state index in [2.05, 4.69) is 9.80 Å². The standard InChI is InChI=1S/C8H16N2O2/c1-12-8-5-9-2-3-10(8)4-7(9)6-11/h7-8,11H,2-6H2,1H3. The maximum atomic E-state index is 9.06. The van der Waals surface area contributed by atoms with Gasteiger partial charge in [-0.1, -0.05) is 0 Å². The number of rotatable bonds is 2. The molecule has 0 radical (unpaired) electrons. The zero-order valence-electron chi connectivity index (χ0n) is 7.44. The number of methoxy groups -OCH3 is 1. The van der Waals surface area contributed by atoms with Gasteiger partial charge in [-0.05, 0) is 0 Å². The summed E-state index contributed by atoms with van der Waals surface area (Å²) in [6, 6.07) is 0.338. The molecule has 3 heterocycles. The monoisotopic (exact) mass is 172 g/mol. The van der Waals surface area contributed by atoms with Crippen LogP contribution >= 0.6 is 0 Å². The first-order chi connectivity index (χ1) is 5.85. The Labute approximate surface area is 72.7 Å². The predicted octanol–water partition coefficient (Wildman–Crippen LogP) is -1.05. The van der Waals surface area contributed by atoms with Crippen molar-refractivity contribution in [3.05, 3.63) is 0 Å². The first kappa shape index (κ1) is 8.44. The zero-order valence-corrected chi connectivity index (χ0v) is 7.44. The number of nitrogens with zero attached hydrogens (tertiary/aromatic N) is 2. The molecule has 0 aliphatic carbocycles. The Morgan fingerprint density at radius 1 is 1.33 bits per heavy atom. The number of hydrogen-bond donors (Lipinski definition) is 1. The van der Waals surface area contributed by atoms with Gasteiger partial charge in [0.05, 0.1) is 6.61 Å². The average molecular weight is 172 g/mol. The first-order valence-electron chi connectivity index (χ1n) is 4.47. The summed E-state index contributed by atoms with van der Waals surface area (Å²) in [7, 11) is 1.75. The molecule has 0 aromatic rings. The Balaban J connectivity index is 2.01. The van der Waals surface area contributed by atoms with Gasteiger partial charge in [0.25, 0.3) is 0 Å². The molecule has 2 bridgehead atoms. The summed E-state index contributed by atoms with van der Waals surface area (Å²) < 4.78 is 5.32. The molecule has 0 aromatic carbocycles. The fourth-order valence-electron chi connectivity index (χ4n) is 2.13. The van der Waals surface area contributed by atoms with Crippen LogP contribution in [-0.2, 0) is 4.74 Å². The Morgan fingerprint density at radius 2 is 2.08 bits per heavy atom. The van der Waals surface area contributed by atoms with Gasteiger partial charge in [-0.3, -0.25) is 9.80 Å². The third kappa shape index (κ3) is 1.25. The molecule has 12 heavy (non-hydrogen) atoms. The summed E-state index contributed by atoms with van der Waals surface area (Å²) in [6.45, 7) is 4.32. The highest BCUT2D eigenvalue weighted by molar-refractivity contribution is 4.90. The molecule has 3 saturated heterocycles. The van der Waals surface area contributed by atoms with E-state index in [1.165, 1.54) is 0 Å². The second-order valence-electron chi connectivity index (χ2n) is 3.52. The van der Waals surface area contributed by atoms with E-state index < -0.39 is 0 Å². The SMILES string of the molecule is COC1CN2CCN1CC2CO. The molecule has 3 rings (SSSR count). The van der Waals surface area contributed by atoms with Gasteiger partial charge in [-0.2, -0.15) is 0 Å². The van der Waals surface area contributed by atoms with Gasteiger partial charge in [0.1, 0.15) is 6.23 Å². The van der Waals surface area contributed by atoms with Crippen LogP contribution in [0.4, 0.5) is 0 Å². The lowest BCUT2D eigenvalue weighted by molar-refractivity contribution is -0.142. The highest BCUT2D eigenvalue weighted by Gasteiger charge is 2.37. The smallest absolute Gasteiger partial charge is 0.123 e. The van der Waals surface area contributed by atoms with Crippen LogP contribution < -0.4 is 0 Å². The van der Waals surface area contributed by atoms with Crippen molar-refractivity contribution >= 4 is 0 Å². The summed E-state index contributed by atoms with van der Waals surface area (Å²) in [5, 5.41) is 9.06. The molecule has 3 fully saturated rings. The lowest BCUT2D eigenvalue weighted by Gasteiger charge is -2.50. The quantitative estimate of drug-likeness (QED) is 0.576. The van der Waals surface area contributed by atoms with Crippen molar-refractivity contribution in [2.24, 2.45) is 0 Å². The molecule has 0 amide bonds. The minimum Gasteiger partial charge on any atom is -0.395 e. The normalized spacial score (nSPS) is 46.5. The van der Waals surface area contributed by atoms with Crippen molar-refractivity contribution in [3.63, 3.8) is 0 Å². The van der Waals surface area contributed by atoms with E-state index in [1.807, 2.05) is 0 Å². The lowest BCUT2D eigenvalue weighted by atomic mass is 10.1.